The molecular weight excluding hydrogens is 208 g/mol. The number of rotatable bonds is 5. The normalized spacial score (nSPS) is 26.7. The fourth-order valence-corrected chi connectivity index (χ4v) is 2.06. The van der Waals surface area contributed by atoms with Gasteiger partial charge >= 0.3 is 0 Å². The highest BCUT2D eigenvalue weighted by atomic mass is 16.5. The summed E-state index contributed by atoms with van der Waals surface area (Å²) >= 11 is 0. The monoisotopic (exact) mass is 230 g/mol. The molecule has 1 amide bonds. The largest absolute Gasteiger partial charge is 0.395 e. The maximum absolute atomic E-state index is 11.5. The molecule has 1 atom stereocenters. The van der Waals surface area contributed by atoms with E-state index in [2.05, 4.69) is 17.1 Å². The second-order valence-corrected chi connectivity index (χ2v) is 4.54. The molecule has 5 nitrogen and oxygen atoms in total. The predicted molar refractivity (Wildman–Crippen MR) is 61.2 cm³/mol. The van der Waals surface area contributed by atoms with Gasteiger partial charge in [0.05, 0.1) is 18.8 Å². The molecule has 0 aromatic carbocycles. The molecule has 1 rings (SSSR count). The molecule has 0 bridgehead atoms. The molecule has 16 heavy (non-hydrogen) atoms. The van der Waals surface area contributed by atoms with Gasteiger partial charge in [0.25, 0.3) is 0 Å². The van der Waals surface area contributed by atoms with Gasteiger partial charge < -0.3 is 15.2 Å². The van der Waals surface area contributed by atoms with E-state index in [0.29, 0.717) is 13.1 Å². The number of ether oxygens (including phenoxy) is 1. The minimum atomic E-state index is -0.129. The summed E-state index contributed by atoms with van der Waals surface area (Å²) in [6.45, 7) is 4.50. The number of amides is 1. The lowest BCUT2D eigenvalue weighted by Crippen LogP contribution is -2.50. The van der Waals surface area contributed by atoms with Gasteiger partial charge in [-0.05, 0) is 26.3 Å². The fourth-order valence-electron chi connectivity index (χ4n) is 2.06. The van der Waals surface area contributed by atoms with Gasteiger partial charge in [0.15, 0.2) is 0 Å². The lowest BCUT2D eigenvalue weighted by atomic mass is 9.95. The number of nitrogens with zero attached hydrogens (tertiary/aromatic N) is 1. The Morgan fingerprint density at radius 2 is 2.38 bits per heavy atom. The average molecular weight is 230 g/mol. The Morgan fingerprint density at radius 3 is 3.00 bits per heavy atom. The maximum Gasteiger partial charge on any atom is 0.234 e. The Kier molecular flexibility index (Phi) is 5.18. The molecule has 1 aliphatic heterocycles. The third kappa shape index (κ3) is 4.08. The fraction of sp³-hybridized carbons (Fsp3) is 0.909. The van der Waals surface area contributed by atoms with E-state index in [4.69, 9.17) is 9.84 Å². The van der Waals surface area contributed by atoms with E-state index >= 15 is 0 Å². The van der Waals surface area contributed by atoms with Crippen molar-refractivity contribution in [2.24, 2.45) is 0 Å². The van der Waals surface area contributed by atoms with E-state index in [1.807, 2.05) is 0 Å². The number of aliphatic hydroxyl groups excluding tert-OH is 1. The van der Waals surface area contributed by atoms with Gasteiger partial charge in [0.2, 0.25) is 5.91 Å². The molecule has 2 N–H and O–H groups in total. The summed E-state index contributed by atoms with van der Waals surface area (Å²) in [6.07, 6.45) is 2.09. The summed E-state index contributed by atoms with van der Waals surface area (Å²) in [5, 5.41) is 11.2. The number of carbonyl (C=O) groups is 1. The van der Waals surface area contributed by atoms with Crippen molar-refractivity contribution in [1.29, 1.82) is 0 Å². The van der Waals surface area contributed by atoms with Crippen LogP contribution in [0, 0.1) is 0 Å². The molecule has 0 aromatic heterocycles. The van der Waals surface area contributed by atoms with Crippen molar-refractivity contribution in [3.8, 4) is 0 Å². The molecule has 0 radical (unpaired) electrons. The van der Waals surface area contributed by atoms with E-state index < -0.39 is 0 Å². The Balaban J connectivity index is 2.34. The van der Waals surface area contributed by atoms with Crippen molar-refractivity contribution >= 4 is 5.91 Å². The van der Waals surface area contributed by atoms with Crippen LogP contribution in [0.2, 0.25) is 0 Å². The minimum absolute atomic E-state index is 0.0124. The molecule has 0 aromatic rings. The number of methoxy groups -OCH3 is 1. The molecule has 1 heterocycles. The van der Waals surface area contributed by atoms with Gasteiger partial charge in [-0.15, -0.1) is 0 Å². The van der Waals surface area contributed by atoms with Crippen molar-refractivity contribution in [2.75, 3.05) is 39.9 Å². The van der Waals surface area contributed by atoms with Crippen LogP contribution in [0.3, 0.4) is 0 Å². The number of carbonyl (C=O) groups excluding carboxylic acids is 1. The number of likely N-dealkylation sites (tertiary alicyclic amines) is 1. The SMILES string of the molecule is COC1(C)CCCN(CC(=O)NCCO)C1. The highest BCUT2D eigenvalue weighted by Gasteiger charge is 2.31. The van der Waals surface area contributed by atoms with Gasteiger partial charge in [0, 0.05) is 20.2 Å². The zero-order valence-corrected chi connectivity index (χ0v) is 10.2. The molecule has 1 saturated heterocycles. The quantitative estimate of drug-likeness (QED) is 0.674. The van der Waals surface area contributed by atoms with Crippen LogP contribution >= 0.6 is 0 Å². The first-order valence-electron chi connectivity index (χ1n) is 5.75. The second-order valence-electron chi connectivity index (χ2n) is 4.54. The lowest BCUT2D eigenvalue weighted by Gasteiger charge is -2.39. The summed E-state index contributed by atoms with van der Waals surface area (Å²) in [7, 11) is 1.72. The van der Waals surface area contributed by atoms with Crippen LogP contribution in [-0.4, -0.2) is 61.4 Å². The van der Waals surface area contributed by atoms with Crippen molar-refractivity contribution in [3.05, 3.63) is 0 Å². The number of hydrogen-bond donors (Lipinski definition) is 2. The van der Waals surface area contributed by atoms with Crippen molar-refractivity contribution in [2.45, 2.75) is 25.4 Å². The maximum atomic E-state index is 11.5. The number of piperidine rings is 1. The van der Waals surface area contributed by atoms with Gasteiger partial charge in [-0.2, -0.15) is 0 Å². The summed E-state index contributed by atoms with van der Waals surface area (Å²) in [4.78, 5) is 13.6. The van der Waals surface area contributed by atoms with Crippen LogP contribution in [-0.2, 0) is 9.53 Å². The Labute approximate surface area is 96.8 Å². The zero-order chi connectivity index (χ0) is 12.0. The van der Waals surface area contributed by atoms with Crippen molar-refractivity contribution in [3.63, 3.8) is 0 Å². The standard InChI is InChI=1S/C11H22N2O3/c1-11(16-2)4-3-6-13(9-11)8-10(15)12-5-7-14/h14H,3-9H2,1-2H3,(H,12,15). The molecule has 1 aliphatic rings. The van der Waals surface area contributed by atoms with Crippen LogP contribution < -0.4 is 5.32 Å². The molecule has 5 heteroatoms. The highest BCUT2D eigenvalue weighted by Crippen LogP contribution is 2.23. The van der Waals surface area contributed by atoms with E-state index in [1.165, 1.54) is 0 Å². The van der Waals surface area contributed by atoms with E-state index in [9.17, 15) is 4.79 Å². The summed E-state index contributed by atoms with van der Waals surface area (Å²) in [5.41, 5.74) is -0.129. The van der Waals surface area contributed by atoms with E-state index in [-0.39, 0.29) is 18.1 Å². The van der Waals surface area contributed by atoms with Gasteiger partial charge in [-0.3, -0.25) is 9.69 Å². The first-order valence-corrected chi connectivity index (χ1v) is 5.75. The third-order valence-electron chi connectivity index (χ3n) is 3.03. The zero-order valence-electron chi connectivity index (χ0n) is 10.2. The van der Waals surface area contributed by atoms with Crippen LogP contribution in [0.15, 0.2) is 0 Å². The Bertz CT molecular complexity index is 235. The summed E-state index contributed by atoms with van der Waals surface area (Å²) in [6, 6.07) is 0. The van der Waals surface area contributed by atoms with Crippen molar-refractivity contribution < 1.29 is 14.6 Å². The van der Waals surface area contributed by atoms with E-state index in [0.717, 1.165) is 25.9 Å². The highest BCUT2D eigenvalue weighted by molar-refractivity contribution is 5.78. The minimum Gasteiger partial charge on any atom is -0.395 e. The smallest absolute Gasteiger partial charge is 0.234 e. The average Bonchev–Trinajstić information content (AvgIpc) is 2.26. The van der Waals surface area contributed by atoms with Gasteiger partial charge in [-0.25, -0.2) is 0 Å². The summed E-state index contributed by atoms with van der Waals surface area (Å²) < 4.78 is 5.46. The topological polar surface area (TPSA) is 61.8 Å². The molecule has 94 valence electrons. The first kappa shape index (κ1) is 13.4. The molecule has 0 saturated carbocycles. The van der Waals surface area contributed by atoms with Crippen molar-refractivity contribution in [1.82, 2.24) is 10.2 Å². The van der Waals surface area contributed by atoms with Crippen LogP contribution in [0.5, 0.6) is 0 Å². The van der Waals surface area contributed by atoms with Crippen LogP contribution in [0.25, 0.3) is 0 Å². The van der Waals surface area contributed by atoms with E-state index in [1.54, 1.807) is 7.11 Å². The molecule has 0 spiro atoms. The predicted octanol–water partition coefficient (Wildman–Crippen LogP) is -0.404. The Morgan fingerprint density at radius 1 is 1.62 bits per heavy atom. The first-order chi connectivity index (χ1) is 7.59. The number of nitrogens with one attached hydrogen (secondary N) is 1. The summed E-state index contributed by atoms with van der Waals surface area (Å²) in [5.74, 6) is -0.0330. The lowest BCUT2D eigenvalue weighted by molar-refractivity contribution is -0.124. The number of aliphatic hydroxyl groups is 1. The van der Waals surface area contributed by atoms with Crippen LogP contribution in [0.4, 0.5) is 0 Å². The Hall–Kier alpha value is -0.650. The molecule has 1 unspecified atom stereocenters. The third-order valence-corrected chi connectivity index (χ3v) is 3.03. The molecule has 0 aliphatic carbocycles. The number of hydrogen-bond acceptors (Lipinski definition) is 4. The molecular formula is C11H22N2O3. The van der Waals surface area contributed by atoms with Gasteiger partial charge in [-0.1, -0.05) is 0 Å². The second kappa shape index (κ2) is 6.18. The van der Waals surface area contributed by atoms with Crippen LogP contribution in [0.1, 0.15) is 19.8 Å². The molecule has 1 fully saturated rings. The van der Waals surface area contributed by atoms with Gasteiger partial charge in [0.1, 0.15) is 0 Å².